The van der Waals surface area contributed by atoms with Gasteiger partial charge in [-0.05, 0) is 43.7 Å². The molecule has 1 aliphatic rings. The number of para-hydroxylation sites is 1. The third-order valence-electron chi connectivity index (χ3n) is 4.26. The van der Waals surface area contributed by atoms with E-state index in [2.05, 4.69) is 12.2 Å². The summed E-state index contributed by atoms with van der Waals surface area (Å²) in [5.41, 5.74) is 0.776. The first-order valence-electron chi connectivity index (χ1n) is 8.35. The van der Waals surface area contributed by atoms with Crippen molar-refractivity contribution in [3.05, 3.63) is 35.9 Å². The van der Waals surface area contributed by atoms with Crippen molar-refractivity contribution < 1.29 is 19.1 Å². The average Bonchev–Trinajstić information content (AvgIpc) is 2.60. The molecule has 1 fully saturated rings. The van der Waals surface area contributed by atoms with Gasteiger partial charge in [0, 0.05) is 17.7 Å². The minimum absolute atomic E-state index is 0.205. The number of amides is 1. The molecule has 24 heavy (non-hydrogen) atoms. The number of hydrogen-bond acceptors (Lipinski definition) is 4. The number of ether oxygens (including phenoxy) is 2. The smallest absolute Gasteiger partial charge is 0.331 e. The average molecular weight is 331 g/mol. The summed E-state index contributed by atoms with van der Waals surface area (Å²) in [7, 11) is 1.57. The molecule has 0 spiro atoms. The van der Waals surface area contributed by atoms with E-state index in [9.17, 15) is 9.59 Å². The lowest BCUT2D eigenvalue weighted by Gasteiger charge is -2.26. The number of nitrogens with one attached hydrogen (secondary N) is 1. The Morgan fingerprint density at radius 3 is 2.62 bits per heavy atom. The van der Waals surface area contributed by atoms with E-state index in [4.69, 9.17) is 9.47 Å². The van der Waals surface area contributed by atoms with Crippen molar-refractivity contribution in [3.63, 3.8) is 0 Å². The molecule has 1 aromatic rings. The van der Waals surface area contributed by atoms with Crippen LogP contribution >= 0.6 is 0 Å². The highest BCUT2D eigenvalue weighted by atomic mass is 16.5. The summed E-state index contributed by atoms with van der Waals surface area (Å²) in [5.74, 6) is 0.615. The van der Waals surface area contributed by atoms with Crippen LogP contribution in [0.1, 0.15) is 38.2 Å². The lowest BCUT2D eigenvalue weighted by Crippen LogP contribution is -2.39. The van der Waals surface area contributed by atoms with Crippen LogP contribution < -0.4 is 10.1 Å². The van der Waals surface area contributed by atoms with Gasteiger partial charge in [0.15, 0.2) is 6.61 Å². The highest BCUT2D eigenvalue weighted by Crippen LogP contribution is 2.23. The molecule has 130 valence electrons. The normalized spacial score (nSPS) is 20.6. The fourth-order valence-corrected chi connectivity index (χ4v) is 2.82. The fourth-order valence-electron chi connectivity index (χ4n) is 2.82. The number of hydrogen-bond donors (Lipinski definition) is 1. The Morgan fingerprint density at radius 1 is 1.21 bits per heavy atom. The zero-order valence-corrected chi connectivity index (χ0v) is 14.3. The maximum atomic E-state index is 11.8. The molecule has 1 aromatic carbocycles. The predicted molar refractivity (Wildman–Crippen MR) is 92.5 cm³/mol. The largest absolute Gasteiger partial charge is 0.496 e. The molecule has 1 aliphatic carbocycles. The molecule has 1 N–H and O–H groups in total. The zero-order chi connectivity index (χ0) is 17.4. The van der Waals surface area contributed by atoms with Gasteiger partial charge in [0.1, 0.15) is 5.75 Å². The van der Waals surface area contributed by atoms with E-state index in [0.717, 1.165) is 37.2 Å². The van der Waals surface area contributed by atoms with Gasteiger partial charge < -0.3 is 14.8 Å². The second kappa shape index (κ2) is 9.11. The van der Waals surface area contributed by atoms with Crippen LogP contribution in [0.4, 0.5) is 0 Å². The van der Waals surface area contributed by atoms with Crippen LogP contribution in [-0.2, 0) is 14.3 Å². The third kappa shape index (κ3) is 5.72. The summed E-state index contributed by atoms with van der Waals surface area (Å²) in [6, 6.07) is 7.55. The van der Waals surface area contributed by atoms with Gasteiger partial charge in [-0.1, -0.05) is 25.1 Å². The number of carbonyl (C=O) groups excluding carboxylic acids is 2. The summed E-state index contributed by atoms with van der Waals surface area (Å²) in [6.07, 6.45) is 7.16. The molecule has 0 aliphatic heterocycles. The Kier molecular flexibility index (Phi) is 6.85. The lowest BCUT2D eigenvalue weighted by atomic mass is 9.87. The first kappa shape index (κ1) is 18.0. The Balaban J connectivity index is 1.74. The summed E-state index contributed by atoms with van der Waals surface area (Å²) < 4.78 is 10.2. The minimum atomic E-state index is -0.548. The molecule has 2 rings (SSSR count). The molecule has 0 atom stereocenters. The van der Waals surface area contributed by atoms with Crippen LogP contribution in [-0.4, -0.2) is 31.6 Å². The van der Waals surface area contributed by atoms with Crippen molar-refractivity contribution in [2.75, 3.05) is 13.7 Å². The highest BCUT2D eigenvalue weighted by molar-refractivity contribution is 5.89. The number of benzene rings is 1. The molecule has 0 bridgehead atoms. The van der Waals surface area contributed by atoms with Gasteiger partial charge in [-0.3, -0.25) is 4.79 Å². The molecule has 5 heteroatoms. The number of esters is 1. The van der Waals surface area contributed by atoms with E-state index in [0.29, 0.717) is 5.75 Å². The number of carbonyl (C=O) groups is 2. The SMILES string of the molecule is COc1ccccc1/C=C/C(=O)OCC(=O)NC1CCC(C)CC1. The summed E-state index contributed by atoms with van der Waals surface area (Å²) >= 11 is 0. The standard InChI is InChI=1S/C19H25NO4/c1-14-7-10-16(11-8-14)20-18(21)13-24-19(22)12-9-15-5-3-4-6-17(15)23-2/h3-6,9,12,14,16H,7-8,10-11,13H2,1-2H3,(H,20,21)/b12-9+. The van der Waals surface area contributed by atoms with Crippen molar-refractivity contribution in [2.24, 2.45) is 5.92 Å². The van der Waals surface area contributed by atoms with Crippen molar-refractivity contribution >= 4 is 18.0 Å². The zero-order valence-electron chi connectivity index (χ0n) is 14.3. The molecule has 0 heterocycles. The first-order chi connectivity index (χ1) is 11.6. The molecular formula is C19H25NO4. The van der Waals surface area contributed by atoms with E-state index >= 15 is 0 Å². The van der Waals surface area contributed by atoms with Gasteiger partial charge >= 0.3 is 5.97 Å². The van der Waals surface area contributed by atoms with Gasteiger partial charge in [0.2, 0.25) is 0 Å². The van der Waals surface area contributed by atoms with Crippen LogP contribution in [0.25, 0.3) is 6.08 Å². The molecule has 5 nitrogen and oxygen atoms in total. The number of methoxy groups -OCH3 is 1. The molecule has 0 unspecified atom stereocenters. The molecule has 0 saturated heterocycles. The topological polar surface area (TPSA) is 64.6 Å². The predicted octanol–water partition coefficient (Wildman–Crippen LogP) is 2.95. The highest BCUT2D eigenvalue weighted by Gasteiger charge is 2.19. The molecule has 0 radical (unpaired) electrons. The fraction of sp³-hybridized carbons (Fsp3) is 0.474. The van der Waals surface area contributed by atoms with Crippen molar-refractivity contribution in [1.29, 1.82) is 0 Å². The summed E-state index contributed by atoms with van der Waals surface area (Å²) in [4.78, 5) is 23.6. The molecule has 0 aromatic heterocycles. The van der Waals surface area contributed by atoms with Gasteiger partial charge in [-0.15, -0.1) is 0 Å². The number of rotatable bonds is 6. The third-order valence-corrected chi connectivity index (χ3v) is 4.26. The van der Waals surface area contributed by atoms with Crippen molar-refractivity contribution in [3.8, 4) is 5.75 Å². The summed E-state index contributed by atoms with van der Waals surface area (Å²) in [5, 5.41) is 2.93. The van der Waals surface area contributed by atoms with E-state index in [1.54, 1.807) is 13.2 Å². The van der Waals surface area contributed by atoms with E-state index in [1.165, 1.54) is 6.08 Å². The van der Waals surface area contributed by atoms with Gasteiger partial charge in [-0.25, -0.2) is 4.79 Å². The quantitative estimate of drug-likeness (QED) is 0.643. The van der Waals surface area contributed by atoms with Crippen LogP contribution in [0.15, 0.2) is 30.3 Å². The lowest BCUT2D eigenvalue weighted by molar-refractivity contribution is -0.144. The van der Waals surface area contributed by atoms with Crippen molar-refractivity contribution in [2.45, 2.75) is 38.6 Å². The molecular weight excluding hydrogens is 306 g/mol. The Bertz CT molecular complexity index is 589. The Morgan fingerprint density at radius 2 is 1.92 bits per heavy atom. The Hall–Kier alpha value is -2.30. The summed E-state index contributed by atoms with van der Waals surface area (Å²) in [6.45, 7) is 1.98. The van der Waals surface area contributed by atoms with E-state index < -0.39 is 5.97 Å². The van der Waals surface area contributed by atoms with Crippen LogP contribution in [0, 0.1) is 5.92 Å². The van der Waals surface area contributed by atoms with Crippen LogP contribution in [0.5, 0.6) is 5.75 Å². The molecule has 1 amide bonds. The maximum Gasteiger partial charge on any atom is 0.331 e. The van der Waals surface area contributed by atoms with Crippen LogP contribution in [0.3, 0.4) is 0 Å². The van der Waals surface area contributed by atoms with Crippen molar-refractivity contribution in [1.82, 2.24) is 5.32 Å². The van der Waals surface area contributed by atoms with E-state index in [1.807, 2.05) is 24.3 Å². The Labute approximate surface area is 143 Å². The van der Waals surface area contributed by atoms with Gasteiger partial charge in [0.25, 0.3) is 5.91 Å². The maximum absolute atomic E-state index is 11.8. The molecule has 1 saturated carbocycles. The second-order valence-electron chi connectivity index (χ2n) is 6.21. The van der Waals surface area contributed by atoms with Crippen LogP contribution in [0.2, 0.25) is 0 Å². The van der Waals surface area contributed by atoms with Gasteiger partial charge in [0.05, 0.1) is 7.11 Å². The minimum Gasteiger partial charge on any atom is -0.496 e. The second-order valence-corrected chi connectivity index (χ2v) is 6.21. The first-order valence-corrected chi connectivity index (χ1v) is 8.35. The van der Waals surface area contributed by atoms with Gasteiger partial charge in [-0.2, -0.15) is 0 Å². The van der Waals surface area contributed by atoms with E-state index in [-0.39, 0.29) is 18.6 Å². The monoisotopic (exact) mass is 331 g/mol.